The minimum atomic E-state index is -0.108. The minimum absolute atomic E-state index is 0.108. The van der Waals surface area contributed by atoms with Crippen LogP contribution < -0.4 is 16.0 Å². The summed E-state index contributed by atoms with van der Waals surface area (Å²) in [5.74, 6) is -0.108. The monoisotopic (exact) mass is 297 g/mol. The van der Waals surface area contributed by atoms with Gasteiger partial charge in [0.15, 0.2) is 0 Å². The van der Waals surface area contributed by atoms with E-state index in [9.17, 15) is 4.79 Å². The lowest BCUT2D eigenvalue weighted by molar-refractivity contribution is 0.0963. The van der Waals surface area contributed by atoms with Crippen molar-refractivity contribution in [1.82, 2.24) is 5.32 Å². The molecule has 1 aliphatic rings. The van der Waals surface area contributed by atoms with E-state index < -0.39 is 0 Å². The Morgan fingerprint density at radius 1 is 1.58 bits per heavy atom. The number of carbonyl (C=O) groups excluding carboxylic acids is 1. The number of nitrogen functional groups attached to an aromatic ring is 1. The number of nitrogens with two attached hydrogens (primary N) is 1. The second-order valence-corrected chi connectivity index (χ2v) is 6.19. The summed E-state index contributed by atoms with van der Waals surface area (Å²) in [4.78, 5) is 16.1. The van der Waals surface area contributed by atoms with Gasteiger partial charge < -0.3 is 16.0 Å². The smallest absolute Gasteiger partial charge is 0.263 e. The molecule has 1 fully saturated rings. The molecule has 1 aliphatic heterocycles. The fourth-order valence-electron chi connectivity index (χ4n) is 2.16. The van der Waals surface area contributed by atoms with Crippen molar-refractivity contribution in [3.8, 4) is 0 Å². The third-order valence-corrected chi connectivity index (χ3v) is 5.31. The van der Waals surface area contributed by atoms with Gasteiger partial charge in [-0.2, -0.15) is 0 Å². The van der Waals surface area contributed by atoms with Crippen LogP contribution in [0.3, 0.4) is 0 Å². The van der Waals surface area contributed by atoms with E-state index in [0.717, 1.165) is 23.0 Å². The number of hydrogen-bond acceptors (Lipinski definition) is 5. The predicted octanol–water partition coefficient (Wildman–Crippen LogP) is 2.57. The highest BCUT2D eigenvalue weighted by molar-refractivity contribution is 7.99. The summed E-state index contributed by atoms with van der Waals surface area (Å²) >= 11 is 3.11. The van der Waals surface area contributed by atoms with Gasteiger partial charge in [0.2, 0.25) is 0 Å². The quantitative estimate of drug-likeness (QED) is 0.648. The van der Waals surface area contributed by atoms with Crippen LogP contribution in [0, 0.1) is 0 Å². The first kappa shape index (κ1) is 14.3. The first-order valence-corrected chi connectivity index (χ1v) is 8.33. The van der Waals surface area contributed by atoms with Gasteiger partial charge in [-0.15, -0.1) is 29.7 Å². The van der Waals surface area contributed by atoms with Crippen LogP contribution in [-0.4, -0.2) is 31.8 Å². The van der Waals surface area contributed by atoms with Crippen LogP contribution in [0.4, 0.5) is 10.7 Å². The third-order valence-electron chi connectivity index (χ3n) is 3.09. The number of hydrogen-bond donors (Lipinski definition) is 2. The molecule has 0 unspecified atom stereocenters. The van der Waals surface area contributed by atoms with Crippen LogP contribution >= 0.6 is 23.1 Å². The number of thioether (sulfide) groups is 1. The molecule has 104 valence electrons. The van der Waals surface area contributed by atoms with E-state index >= 15 is 0 Å². The fourth-order valence-corrected chi connectivity index (χ4v) is 4.31. The van der Waals surface area contributed by atoms with E-state index in [1.54, 1.807) is 17.8 Å². The number of carbonyl (C=O) groups is 1. The van der Waals surface area contributed by atoms with Gasteiger partial charge in [0.25, 0.3) is 5.91 Å². The van der Waals surface area contributed by atoms with Gasteiger partial charge in [0, 0.05) is 19.6 Å². The molecule has 0 spiro atoms. The molecular formula is C13H19N3OS2. The van der Waals surface area contributed by atoms with Gasteiger partial charge in [-0.05, 0) is 19.1 Å². The number of thiophene rings is 1. The Morgan fingerprint density at radius 2 is 2.26 bits per heavy atom. The molecule has 4 nitrogen and oxygen atoms in total. The lowest BCUT2D eigenvalue weighted by atomic mass is 10.3. The second kappa shape index (κ2) is 6.34. The second-order valence-electron chi connectivity index (χ2n) is 4.38. The number of anilines is 2. The van der Waals surface area contributed by atoms with Crippen LogP contribution in [0.5, 0.6) is 0 Å². The normalized spacial score (nSPS) is 14.7. The molecule has 0 atom stereocenters. The highest BCUT2D eigenvalue weighted by Crippen LogP contribution is 2.44. The Kier molecular flexibility index (Phi) is 4.76. The first-order chi connectivity index (χ1) is 9.19. The Labute approximate surface area is 122 Å². The van der Waals surface area contributed by atoms with E-state index in [2.05, 4.69) is 16.8 Å². The molecule has 2 heterocycles. The highest BCUT2D eigenvalue weighted by Gasteiger charge is 2.25. The molecule has 0 aliphatic carbocycles. The zero-order valence-electron chi connectivity index (χ0n) is 11.1. The topological polar surface area (TPSA) is 58.4 Å². The van der Waals surface area contributed by atoms with Crippen molar-refractivity contribution in [2.75, 3.05) is 36.5 Å². The number of nitrogens with one attached hydrogen (secondary N) is 1. The fraction of sp³-hybridized carbons (Fsp3) is 0.462. The number of amides is 1. The molecule has 2 rings (SSSR count). The molecule has 1 aromatic heterocycles. The summed E-state index contributed by atoms with van der Waals surface area (Å²) in [7, 11) is 0. The summed E-state index contributed by atoms with van der Waals surface area (Å²) in [6.45, 7) is 6.17. The van der Waals surface area contributed by atoms with E-state index in [1.165, 1.54) is 24.2 Å². The Hall–Kier alpha value is -1.14. The molecule has 1 amide bonds. The van der Waals surface area contributed by atoms with E-state index in [1.807, 2.05) is 6.26 Å². The lowest BCUT2D eigenvalue weighted by Crippen LogP contribution is -2.23. The van der Waals surface area contributed by atoms with Crippen LogP contribution in [0.2, 0.25) is 0 Å². The molecular weight excluding hydrogens is 278 g/mol. The van der Waals surface area contributed by atoms with Gasteiger partial charge >= 0.3 is 0 Å². The molecule has 0 radical (unpaired) electrons. The van der Waals surface area contributed by atoms with Crippen molar-refractivity contribution in [2.24, 2.45) is 0 Å². The summed E-state index contributed by atoms with van der Waals surface area (Å²) in [5.41, 5.74) is 6.74. The number of nitrogens with zero attached hydrogens (tertiary/aromatic N) is 1. The molecule has 0 bridgehead atoms. The summed E-state index contributed by atoms with van der Waals surface area (Å²) in [6.07, 6.45) is 6.09. The van der Waals surface area contributed by atoms with E-state index in [0.29, 0.717) is 17.1 Å². The van der Waals surface area contributed by atoms with E-state index in [-0.39, 0.29) is 5.91 Å². The zero-order valence-corrected chi connectivity index (χ0v) is 12.7. The zero-order chi connectivity index (χ0) is 13.8. The largest absolute Gasteiger partial charge is 0.396 e. The van der Waals surface area contributed by atoms with E-state index in [4.69, 9.17) is 5.73 Å². The minimum Gasteiger partial charge on any atom is -0.396 e. The van der Waals surface area contributed by atoms with Crippen molar-refractivity contribution < 1.29 is 4.79 Å². The van der Waals surface area contributed by atoms with Gasteiger partial charge in [0.05, 0.1) is 10.6 Å². The standard InChI is InChI=1S/C13H19N3OS2/c1-3-6-15-12(17)10-9(14)11(18-2)13(19-10)16-7-4-5-8-16/h3H,1,4-8,14H2,2H3,(H,15,17). The van der Waals surface area contributed by atoms with Crippen molar-refractivity contribution >= 4 is 39.7 Å². The van der Waals surface area contributed by atoms with Crippen LogP contribution in [0.25, 0.3) is 0 Å². The van der Waals surface area contributed by atoms with Crippen molar-refractivity contribution in [1.29, 1.82) is 0 Å². The lowest BCUT2D eigenvalue weighted by Gasteiger charge is -2.16. The summed E-state index contributed by atoms with van der Waals surface area (Å²) in [5, 5.41) is 3.94. The molecule has 0 aromatic carbocycles. The maximum Gasteiger partial charge on any atom is 0.263 e. The third kappa shape index (κ3) is 2.90. The van der Waals surface area contributed by atoms with Gasteiger partial charge in [-0.1, -0.05) is 6.08 Å². The molecule has 3 N–H and O–H groups in total. The first-order valence-electron chi connectivity index (χ1n) is 6.29. The highest BCUT2D eigenvalue weighted by atomic mass is 32.2. The Morgan fingerprint density at radius 3 is 2.84 bits per heavy atom. The molecule has 0 saturated carbocycles. The van der Waals surface area contributed by atoms with Crippen molar-refractivity contribution in [3.63, 3.8) is 0 Å². The average molecular weight is 297 g/mol. The molecule has 19 heavy (non-hydrogen) atoms. The van der Waals surface area contributed by atoms with Gasteiger partial charge in [0.1, 0.15) is 9.88 Å². The Bertz CT molecular complexity index is 478. The van der Waals surface area contributed by atoms with Crippen LogP contribution in [0.1, 0.15) is 22.5 Å². The maximum atomic E-state index is 12.1. The SMILES string of the molecule is C=CCNC(=O)c1sc(N2CCCC2)c(SC)c1N. The van der Waals surface area contributed by atoms with Crippen LogP contribution in [0.15, 0.2) is 17.6 Å². The van der Waals surface area contributed by atoms with Gasteiger partial charge in [-0.25, -0.2) is 0 Å². The molecule has 1 aromatic rings. The van der Waals surface area contributed by atoms with Crippen molar-refractivity contribution in [3.05, 3.63) is 17.5 Å². The number of rotatable bonds is 5. The average Bonchev–Trinajstić information content (AvgIpc) is 3.03. The van der Waals surface area contributed by atoms with Gasteiger partial charge in [-0.3, -0.25) is 4.79 Å². The van der Waals surface area contributed by atoms with Crippen LogP contribution in [-0.2, 0) is 0 Å². The maximum absolute atomic E-state index is 12.1. The van der Waals surface area contributed by atoms with Crippen molar-refractivity contribution in [2.45, 2.75) is 17.7 Å². The summed E-state index contributed by atoms with van der Waals surface area (Å²) in [6, 6.07) is 0. The molecule has 1 saturated heterocycles. The summed E-state index contributed by atoms with van der Waals surface area (Å²) < 4.78 is 0. The Balaban J connectivity index is 2.29. The predicted molar refractivity (Wildman–Crippen MR) is 84.5 cm³/mol. The molecule has 6 heteroatoms.